The molecule has 0 aliphatic heterocycles. The number of hydrogen-bond donors (Lipinski definition) is 0. The van der Waals surface area contributed by atoms with Gasteiger partial charge in [0, 0.05) is 21.1 Å². The van der Waals surface area contributed by atoms with Crippen molar-refractivity contribution in [2.45, 2.75) is 138 Å². The molecule has 0 spiro atoms. The van der Waals surface area contributed by atoms with Gasteiger partial charge in [-0.2, -0.15) is 0 Å². The van der Waals surface area contributed by atoms with Crippen LogP contribution in [0.5, 0.6) is 0 Å². The van der Waals surface area contributed by atoms with Crippen LogP contribution in [0.15, 0.2) is 0 Å². The largest absolute Gasteiger partial charge is 0.353 e. The molecule has 0 aromatic rings. The first-order chi connectivity index (χ1) is 14.0. The van der Waals surface area contributed by atoms with Crippen LogP contribution >= 0.6 is 45.2 Å². The fourth-order valence-corrected chi connectivity index (χ4v) is 4.05. The summed E-state index contributed by atoms with van der Waals surface area (Å²) >= 11 is 5.01. The Hall–Kier alpha value is 1.34. The summed E-state index contributed by atoms with van der Waals surface area (Å²) in [6.45, 7) is 10.6. The van der Waals surface area contributed by atoms with Crippen molar-refractivity contribution in [1.29, 1.82) is 0 Å². The second-order valence-electron chi connectivity index (χ2n) is 8.28. The summed E-state index contributed by atoms with van der Waals surface area (Å²) in [4.78, 5) is 0. The van der Waals surface area contributed by atoms with Gasteiger partial charge in [-0.25, -0.2) is 0 Å². The van der Waals surface area contributed by atoms with E-state index in [2.05, 4.69) is 72.9 Å². The van der Waals surface area contributed by atoms with Crippen molar-refractivity contribution in [2.24, 2.45) is 0 Å². The second kappa shape index (κ2) is 22.5. The summed E-state index contributed by atoms with van der Waals surface area (Å²) in [5.74, 6) is 0. The molecule has 0 aliphatic rings. The molecule has 0 radical (unpaired) electrons. The van der Waals surface area contributed by atoms with Crippen molar-refractivity contribution < 1.29 is 14.2 Å². The molecule has 29 heavy (non-hydrogen) atoms. The molecule has 0 saturated carbocycles. The lowest BCUT2D eigenvalue weighted by Gasteiger charge is -2.26. The molecule has 0 saturated heterocycles. The van der Waals surface area contributed by atoms with Crippen molar-refractivity contribution in [3.05, 3.63) is 0 Å². The fraction of sp³-hybridized carbons (Fsp3) is 1.00. The lowest BCUT2D eigenvalue weighted by atomic mass is 10.2. The van der Waals surface area contributed by atoms with Gasteiger partial charge in [0.1, 0.15) is 0 Å². The van der Waals surface area contributed by atoms with E-state index in [-0.39, 0.29) is 12.6 Å². The van der Waals surface area contributed by atoms with Crippen LogP contribution in [0.3, 0.4) is 0 Å². The van der Waals surface area contributed by atoms with Crippen molar-refractivity contribution >= 4 is 45.2 Å². The Morgan fingerprint density at radius 1 is 0.552 bits per heavy atom. The average Bonchev–Trinajstić information content (AvgIpc) is 2.66. The number of halogens is 2. The van der Waals surface area contributed by atoms with Gasteiger partial charge in [-0.3, -0.25) is 0 Å². The molecule has 0 aliphatic carbocycles. The third-order valence-corrected chi connectivity index (χ3v) is 6.24. The van der Waals surface area contributed by atoms with Gasteiger partial charge in [0.2, 0.25) is 0 Å². The molecule has 176 valence electrons. The van der Waals surface area contributed by atoms with Crippen LogP contribution in [0.4, 0.5) is 0 Å². The number of rotatable bonds is 22. The zero-order chi connectivity index (χ0) is 21.7. The fourth-order valence-electron chi connectivity index (χ4n) is 3.17. The Morgan fingerprint density at radius 3 is 1.31 bits per heavy atom. The molecule has 5 heteroatoms. The van der Waals surface area contributed by atoms with E-state index in [1.54, 1.807) is 0 Å². The van der Waals surface area contributed by atoms with Crippen LogP contribution in [-0.4, -0.2) is 33.6 Å². The first kappa shape index (κ1) is 30.3. The van der Waals surface area contributed by atoms with Crippen LogP contribution in [-0.2, 0) is 14.2 Å². The van der Waals surface area contributed by atoms with Gasteiger partial charge in [0.05, 0.1) is 0 Å². The van der Waals surface area contributed by atoms with Crippen LogP contribution in [0.25, 0.3) is 0 Å². The van der Waals surface area contributed by atoms with Crippen molar-refractivity contribution in [1.82, 2.24) is 0 Å². The SMILES string of the molecule is CCCCCCOC(CCCC(C)I)OC(CCCC(C)I)OCCCCCC. The van der Waals surface area contributed by atoms with Crippen LogP contribution < -0.4 is 0 Å². The maximum Gasteiger partial charge on any atom is 0.160 e. The van der Waals surface area contributed by atoms with Gasteiger partial charge >= 0.3 is 0 Å². The molecule has 0 N–H and O–H groups in total. The predicted octanol–water partition coefficient (Wildman–Crippen LogP) is 8.84. The topological polar surface area (TPSA) is 27.7 Å². The Labute approximate surface area is 209 Å². The summed E-state index contributed by atoms with van der Waals surface area (Å²) in [5, 5.41) is 0. The first-order valence-corrected chi connectivity index (χ1v) is 14.6. The summed E-state index contributed by atoms with van der Waals surface area (Å²) < 4.78 is 20.1. The minimum absolute atomic E-state index is 0.121. The Kier molecular flexibility index (Phi) is 23.6. The highest BCUT2D eigenvalue weighted by molar-refractivity contribution is 14.1. The lowest BCUT2D eigenvalue weighted by molar-refractivity contribution is -0.250. The van der Waals surface area contributed by atoms with E-state index >= 15 is 0 Å². The minimum Gasteiger partial charge on any atom is -0.353 e. The molecular formula is C24H48I2O3. The molecule has 0 aromatic heterocycles. The van der Waals surface area contributed by atoms with Crippen molar-refractivity contribution in [2.75, 3.05) is 13.2 Å². The molecule has 0 heterocycles. The van der Waals surface area contributed by atoms with E-state index < -0.39 is 0 Å². The third-order valence-electron chi connectivity index (χ3n) is 4.99. The highest BCUT2D eigenvalue weighted by Gasteiger charge is 2.18. The molecular weight excluding hydrogens is 590 g/mol. The standard InChI is InChI=1S/C24H48I2O3/c1-5-7-9-11-19-27-23(17-13-15-21(3)25)29-24(18-14-16-22(4)26)28-20-12-10-8-6-2/h21-24H,5-20H2,1-4H3. The quantitative estimate of drug-likeness (QED) is 0.0514. The molecule has 4 atom stereocenters. The van der Waals surface area contributed by atoms with E-state index in [1.807, 2.05) is 0 Å². The van der Waals surface area contributed by atoms with Gasteiger partial charge in [0.25, 0.3) is 0 Å². The Balaban J connectivity index is 4.54. The third kappa shape index (κ3) is 22.3. The van der Waals surface area contributed by atoms with Gasteiger partial charge in [-0.1, -0.05) is 111 Å². The monoisotopic (exact) mass is 638 g/mol. The Morgan fingerprint density at radius 2 is 0.966 bits per heavy atom. The molecule has 0 bridgehead atoms. The smallest absolute Gasteiger partial charge is 0.160 e. The molecule has 3 nitrogen and oxygen atoms in total. The first-order valence-electron chi connectivity index (χ1n) is 12.2. The van der Waals surface area contributed by atoms with Crippen LogP contribution in [0.2, 0.25) is 0 Å². The number of alkyl halides is 2. The molecule has 0 fully saturated rings. The zero-order valence-electron chi connectivity index (χ0n) is 19.6. The number of hydrogen-bond acceptors (Lipinski definition) is 3. The average molecular weight is 638 g/mol. The number of ether oxygens (including phenoxy) is 3. The molecule has 0 amide bonds. The van der Waals surface area contributed by atoms with E-state index in [4.69, 9.17) is 14.2 Å². The summed E-state index contributed by atoms with van der Waals surface area (Å²) in [7, 11) is 0. The normalized spacial score (nSPS) is 15.9. The van der Waals surface area contributed by atoms with E-state index in [1.165, 1.54) is 51.4 Å². The highest BCUT2D eigenvalue weighted by Crippen LogP contribution is 2.19. The minimum atomic E-state index is -0.121. The van der Waals surface area contributed by atoms with Gasteiger partial charge in [-0.05, 0) is 51.4 Å². The Bertz CT molecular complexity index is 297. The zero-order valence-corrected chi connectivity index (χ0v) is 23.9. The maximum atomic E-state index is 6.38. The van der Waals surface area contributed by atoms with E-state index in [0.717, 1.165) is 51.7 Å². The summed E-state index contributed by atoms with van der Waals surface area (Å²) in [6.07, 6.45) is 16.3. The van der Waals surface area contributed by atoms with Gasteiger partial charge in [-0.15, -0.1) is 0 Å². The van der Waals surface area contributed by atoms with Crippen molar-refractivity contribution in [3.63, 3.8) is 0 Å². The molecule has 0 aromatic carbocycles. The van der Waals surface area contributed by atoms with Crippen LogP contribution in [0, 0.1) is 0 Å². The lowest BCUT2D eigenvalue weighted by Crippen LogP contribution is -2.28. The van der Waals surface area contributed by atoms with E-state index in [9.17, 15) is 0 Å². The van der Waals surface area contributed by atoms with Gasteiger partial charge in [0.15, 0.2) is 12.6 Å². The van der Waals surface area contributed by atoms with Gasteiger partial charge < -0.3 is 14.2 Å². The van der Waals surface area contributed by atoms with Crippen molar-refractivity contribution in [3.8, 4) is 0 Å². The number of unbranched alkanes of at least 4 members (excludes halogenated alkanes) is 6. The maximum absolute atomic E-state index is 6.38. The summed E-state index contributed by atoms with van der Waals surface area (Å²) in [5.41, 5.74) is 0. The van der Waals surface area contributed by atoms with Crippen LogP contribution in [0.1, 0.15) is 118 Å². The predicted molar refractivity (Wildman–Crippen MR) is 144 cm³/mol. The second-order valence-corrected chi connectivity index (χ2v) is 12.5. The summed E-state index contributed by atoms with van der Waals surface area (Å²) in [6, 6.07) is 0. The highest BCUT2D eigenvalue weighted by atomic mass is 127. The molecule has 0 rings (SSSR count). The van der Waals surface area contributed by atoms with E-state index in [0.29, 0.717) is 7.85 Å². The molecule has 4 unspecified atom stereocenters.